The molecule has 4 N–H and O–H groups in total. The van der Waals surface area contributed by atoms with Crippen LogP contribution in [0, 0.1) is 17.8 Å². The van der Waals surface area contributed by atoms with Crippen LogP contribution in [0.15, 0.2) is 54.9 Å². The number of thiophene rings is 1. The number of carbonyl (C=O) groups excluding carboxylic acids is 2. The Morgan fingerprint density at radius 2 is 1.61 bits per heavy atom. The van der Waals surface area contributed by atoms with Crippen molar-refractivity contribution in [2.45, 2.75) is 122 Å². The van der Waals surface area contributed by atoms with Crippen LogP contribution in [0.4, 0.5) is 0 Å². The number of rotatable bonds is 13. The second-order valence-electron chi connectivity index (χ2n) is 15.5. The van der Waals surface area contributed by atoms with E-state index in [9.17, 15) is 24.6 Å². The average molecular weight is 715 g/mol. The Kier molecular flexibility index (Phi) is 12.8. The van der Waals surface area contributed by atoms with Gasteiger partial charge in [0.2, 0.25) is 5.91 Å². The molecule has 0 aliphatic heterocycles. The summed E-state index contributed by atoms with van der Waals surface area (Å²) in [5, 5.41) is 24.7. The number of allylic oxidation sites excluding steroid dienone is 2. The lowest BCUT2D eigenvalue weighted by atomic mass is 9.70. The molecule has 0 spiro atoms. The van der Waals surface area contributed by atoms with Crippen molar-refractivity contribution in [3.63, 3.8) is 0 Å². The van der Waals surface area contributed by atoms with E-state index in [1.165, 1.54) is 68.8 Å². The standard InChI is InChI=1S/C41H54N4O5S/c1-6-7-26-8-12-28(13-9-26)29-16-18-30(19-17-29)32-23-42-37(43-24-32)31-14-10-27(11-15-31)22-33(38(47)45-36(25(2)46)40(49)50)44-39(48)34-20-21-35(51-34)41(3,4)5/h10-11,14-15,18,20-21,23-26,28-29,33,36,46H,6-9,12-13,16-17,19,22H2,1-5H3,(H,44,48)(H,45,47)(H,49,50)/t25-,26?,28?,29?,33+,36+/m1/s1. The van der Waals surface area contributed by atoms with E-state index < -0.39 is 36.0 Å². The lowest BCUT2D eigenvalue weighted by molar-refractivity contribution is -0.145. The molecule has 1 unspecified atom stereocenters. The van der Waals surface area contributed by atoms with Gasteiger partial charge in [0, 0.05) is 34.8 Å². The number of carboxylic acid groups (broad SMARTS) is 1. The van der Waals surface area contributed by atoms with Crippen LogP contribution in [0.3, 0.4) is 0 Å². The second-order valence-corrected chi connectivity index (χ2v) is 16.6. The quantitative estimate of drug-likeness (QED) is 0.143. The van der Waals surface area contributed by atoms with Gasteiger partial charge in [-0.3, -0.25) is 9.59 Å². The van der Waals surface area contributed by atoms with Crippen molar-refractivity contribution in [1.82, 2.24) is 20.6 Å². The summed E-state index contributed by atoms with van der Waals surface area (Å²) in [6, 6.07) is 8.49. The van der Waals surface area contributed by atoms with Crippen LogP contribution in [-0.2, 0) is 21.4 Å². The molecule has 2 aliphatic carbocycles. The Bertz CT molecular complexity index is 1670. The fraction of sp³-hybridized carbons (Fsp3) is 0.537. The van der Waals surface area contributed by atoms with E-state index >= 15 is 0 Å². The number of aliphatic hydroxyl groups is 1. The highest BCUT2D eigenvalue weighted by Crippen LogP contribution is 2.42. The second kappa shape index (κ2) is 17.1. The van der Waals surface area contributed by atoms with Crippen LogP contribution < -0.4 is 10.6 Å². The first-order valence-corrected chi connectivity index (χ1v) is 19.4. The fourth-order valence-electron chi connectivity index (χ4n) is 7.51. The van der Waals surface area contributed by atoms with Gasteiger partial charge in [0.1, 0.15) is 6.04 Å². The molecule has 0 bridgehead atoms. The zero-order chi connectivity index (χ0) is 36.7. The number of amides is 2. The molecule has 9 nitrogen and oxygen atoms in total. The molecule has 1 fully saturated rings. The minimum absolute atomic E-state index is 0.108. The van der Waals surface area contributed by atoms with Gasteiger partial charge in [-0.05, 0) is 85.5 Å². The summed E-state index contributed by atoms with van der Waals surface area (Å²) in [7, 11) is 0. The first kappa shape index (κ1) is 38.3. The maximum Gasteiger partial charge on any atom is 0.328 e. The van der Waals surface area contributed by atoms with Crippen molar-refractivity contribution >= 4 is 34.7 Å². The van der Waals surface area contributed by atoms with E-state index in [1.54, 1.807) is 6.07 Å². The molecule has 3 aromatic rings. The molecule has 1 saturated carbocycles. The first-order valence-electron chi connectivity index (χ1n) is 18.6. The first-order chi connectivity index (χ1) is 24.3. The van der Waals surface area contributed by atoms with Gasteiger partial charge in [-0.25, -0.2) is 14.8 Å². The number of carbonyl (C=O) groups is 3. The van der Waals surface area contributed by atoms with Gasteiger partial charge in [-0.15, -0.1) is 11.3 Å². The van der Waals surface area contributed by atoms with Crippen molar-refractivity contribution in [3.05, 3.63) is 75.7 Å². The predicted molar refractivity (Wildman–Crippen MR) is 202 cm³/mol. The summed E-state index contributed by atoms with van der Waals surface area (Å²) in [5.41, 5.74) is 3.84. The van der Waals surface area contributed by atoms with Gasteiger partial charge in [-0.1, -0.05) is 83.7 Å². The van der Waals surface area contributed by atoms with Gasteiger partial charge >= 0.3 is 5.97 Å². The third-order valence-corrected chi connectivity index (χ3v) is 12.1. The molecule has 2 amide bonds. The maximum atomic E-state index is 13.4. The third-order valence-electron chi connectivity index (χ3n) is 10.6. The molecule has 0 radical (unpaired) electrons. The largest absolute Gasteiger partial charge is 0.480 e. The molecular formula is C41H54N4O5S. The molecule has 10 heteroatoms. The summed E-state index contributed by atoms with van der Waals surface area (Å²) in [6.07, 6.45) is 16.7. The number of carboxylic acids is 1. The Morgan fingerprint density at radius 3 is 2.16 bits per heavy atom. The Balaban J connectivity index is 1.23. The fourth-order valence-corrected chi connectivity index (χ4v) is 8.48. The zero-order valence-electron chi connectivity index (χ0n) is 30.7. The predicted octanol–water partition coefficient (Wildman–Crippen LogP) is 7.58. The van der Waals surface area contributed by atoms with E-state index in [1.807, 2.05) is 42.7 Å². The van der Waals surface area contributed by atoms with Crippen molar-refractivity contribution in [1.29, 1.82) is 0 Å². The minimum atomic E-state index is -1.52. The summed E-state index contributed by atoms with van der Waals surface area (Å²) in [4.78, 5) is 49.2. The third kappa shape index (κ3) is 10.1. The molecule has 2 heterocycles. The maximum absolute atomic E-state index is 13.4. The van der Waals surface area contributed by atoms with E-state index in [-0.39, 0.29) is 11.8 Å². The molecule has 0 saturated heterocycles. The number of nitrogens with zero attached hydrogens (tertiary/aromatic N) is 2. The van der Waals surface area contributed by atoms with Crippen molar-refractivity contribution in [3.8, 4) is 11.4 Å². The van der Waals surface area contributed by atoms with Crippen LogP contribution in [0.1, 0.15) is 118 Å². The van der Waals surface area contributed by atoms with Crippen LogP contribution in [0.5, 0.6) is 0 Å². The average Bonchev–Trinajstić information content (AvgIpc) is 3.63. The SMILES string of the molecule is CCCC1CCC(C2CC=C(c3cnc(-c4ccc(C[C@H](NC(=O)c5ccc(C(C)(C)C)s5)C(=O)N[C@H](C(=O)O)[C@@H](C)O)cc4)nc3)CC2)CC1. The zero-order valence-corrected chi connectivity index (χ0v) is 31.5. The molecule has 2 aromatic heterocycles. The van der Waals surface area contributed by atoms with Crippen LogP contribution in [-0.4, -0.2) is 56.2 Å². The van der Waals surface area contributed by atoms with Crippen molar-refractivity contribution in [2.24, 2.45) is 17.8 Å². The monoisotopic (exact) mass is 714 g/mol. The van der Waals surface area contributed by atoms with E-state index in [2.05, 4.69) is 54.4 Å². The number of aromatic nitrogens is 2. The molecular weight excluding hydrogens is 661 g/mol. The molecule has 274 valence electrons. The molecule has 2 aliphatic rings. The summed E-state index contributed by atoms with van der Waals surface area (Å²) >= 11 is 1.35. The number of aliphatic hydroxyl groups excluding tert-OH is 1. The lowest BCUT2D eigenvalue weighted by Gasteiger charge is -2.35. The summed E-state index contributed by atoms with van der Waals surface area (Å²) in [5.74, 6) is 0.709. The summed E-state index contributed by atoms with van der Waals surface area (Å²) < 4.78 is 0. The van der Waals surface area contributed by atoms with Gasteiger partial charge in [0.05, 0.1) is 11.0 Å². The Morgan fingerprint density at radius 1 is 0.922 bits per heavy atom. The van der Waals surface area contributed by atoms with Gasteiger partial charge < -0.3 is 20.8 Å². The smallest absolute Gasteiger partial charge is 0.328 e. The lowest BCUT2D eigenvalue weighted by Crippen LogP contribution is -2.55. The van der Waals surface area contributed by atoms with Crippen LogP contribution >= 0.6 is 11.3 Å². The minimum Gasteiger partial charge on any atom is -0.480 e. The topological polar surface area (TPSA) is 142 Å². The highest BCUT2D eigenvalue weighted by Gasteiger charge is 2.31. The van der Waals surface area contributed by atoms with Gasteiger partial charge in [0.25, 0.3) is 5.91 Å². The normalized spacial score (nSPS) is 21.2. The number of benzene rings is 1. The molecule has 51 heavy (non-hydrogen) atoms. The number of nitrogens with one attached hydrogen (secondary N) is 2. The molecule has 5 rings (SSSR count). The van der Waals surface area contributed by atoms with E-state index in [4.69, 9.17) is 0 Å². The summed E-state index contributed by atoms with van der Waals surface area (Å²) in [6.45, 7) is 9.77. The molecule has 4 atom stereocenters. The van der Waals surface area contributed by atoms with Crippen LogP contribution in [0.25, 0.3) is 17.0 Å². The highest BCUT2D eigenvalue weighted by molar-refractivity contribution is 7.14. The van der Waals surface area contributed by atoms with Gasteiger partial charge in [0.15, 0.2) is 11.9 Å². The van der Waals surface area contributed by atoms with E-state index in [0.29, 0.717) is 10.7 Å². The molecule has 1 aromatic carbocycles. The Labute approximate surface area is 306 Å². The van der Waals surface area contributed by atoms with Crippen molar-refractivity contribution < 1.29 is 24.6 Å². The number of aliphatic carboxylic acids is 1. The number of hydrogen-bond donors (Lipinski definition) is 4. The Hall–Kier alpha value is -3.89. The number of hydrogen-bond acceptors (Lipinski definition) is 7. The highest BCUT2D eigenvalue weighted by atomic mass is 32.1. The van der Waals surface area contributed by atoms with Crippen LogP contribution in [0.2, 0.25) is 0 Å². The van der Waals surface area contributed by atoms with Crippen molar-refractivity contribution in [2.75, 3.05) is 0 Å². The van der Waals surface area contributed by atoms with Gasteiger partial charge in [-0.2, -0.15) is 0 Å². The van der Waals surface area contributed by atoms with E-state index in [0.717, 1.165) is 52.2 Å².